The molecule has 1 N–H and O–H groups in total. The fourth-order valence-electron chi connectivity index (χ4n) is 1.06. The van der Waals surface area contributed by atoms with Crippen molar-refractivity contribution in [2.24, 2.45) is 5.92 Å². The predicted molar refractivity (Wildman–Crippen MR) is 57.2 cm³/mol. The van der Waals surface area contributed by atoms with Crippen molar-refractivity contribution in [1.82, 2.24) is 10.2 Å². The molecule has 0 radical (unpaired) electrons. The number of carbonyl (C=O) groups is 1. The smallest absolute Gasteiger partial charge is 0.236 e. The lowest BCUT2D eigenvalue weighted by Gasteiger charge is -2.18. The largest absolute Gasteiger partial charge is 0.383 e. The minimum absolute atomic E-state index is 0.00629. The average molecular weight is 213 g/mol. The van der Waals surface area contributed by atoms with Crippen molar-refractivity contribution < 1.29 is 9.53 Å². The Hall–Kier alpha value is -1.12. The summed E-state index contributed by atoms with van der Waals surface area (Å²) in [6.07, 6.45) is 0. The lowest BCUT2D eigenvalue weighted by Crippen LogP contribution is -2.38. The van der Waals surface area contributed by atoms with Gasteiger partial charge in [-0.1, -0.05) is 0 Å². The van der Waals surface area contributed by atoms with Crippen LogP contribution in [0.4, 0.5) is 0 Å². The number of carbonyl (C=O) groups excluding carboxylic acids is 1. The van der Waals surface area contributed by atoms with E-state index in [1.54, 1.807) is 26.0 Å². The van der Waals surface area contributed by atoms with Crippen LogP contribution in [0.25, 0.3) is 0 Å². The number of nitriles is 1. The predicted octanol–water partition coefficient (Wildman–Crippen LogP) is -0.160. The molecule has 5 heteroatoms. The molecule has 0 aromatic rings. The zero-order chi connectivity index (χ0) is 11.7. The summed E-state index contributed by atoms with van der Waals surface area (Å²) in [6.45, 7) is 3.80. The average Bonchev–Trinajstić information content (AvgIpc) is 2.23. The van der Waals surface area contributed by atoms with Crippen molar-refractivity contribution in [3.05, 3.63) is 0 Å². The number of rotatable bonds is 7. The van der Waals surface area contributed by atoms with Gasteiger partial charge in [-0.15, -0.1) is 0 Å². The molecule has 1 atom stereocenters. The molecule has 5 nitrogen and oxygen atoms in total. The van der Waals surface area contributed by atoms with Crippen molar-refractivity contribution >= 4 is 5.91 Å². The lowest BCUT2D eigenvalue weighted by molar-refractivity contribution is -0.129. The van der Waals surface area contributed by atoms with Gasteiger partial charge in [0.15, 0.2) is 0 Å². The highest BCUT2D eigenvalue weighted by molar-refractivity contribution is 5.77. The maximum Gasteiger partial charge on any atom is 0.236 e. The fraction of sp³-hybridized carbons (Fsp3) is 0.800. The molecule has 15 heavy (non-hydrogen) atoms. The van der Waals surface area contributed by atoms with Crippen molar-refractivity contribution in [1.29, 1.82) is 5.26 Å². The molecular formula is C10H19N3O2. The number of methoxy groups -OCH3 is 1. The van der Waals surface area contributed by atoms with Crippen LogP contribution >= 0.6 is 0 Å². The first kappa shape index (κ1) is 13.9. The lowest BCUT2D eigenvalue weighted by atomic mass is 10.2. The molecular weight excluding hydrogens is 194 g/mol. The van der Waals surface area contributed by atoms with Crippen LogP contribution in [0.3, 0.4) is 0 Å². The molecule has 0 fully saturated rings. The number of amides is 1. The van der Waals surface area contributed by atoms with Gasteiger partial charge in [-0.25, -0.2) is 0 Å². The highest BCUT2D eigenvalue weighted by Crippen LogP contribution is 1.95. The van der Waals surface area contributed by atoms with Gasteiger partial charge in [0.1, 0.15) is 0 Å². The molecule has 0 rings (SSSR count). The first-order valence-corrected chi connectivity index (χ1v) is 4.95. The molecule has 0 spiro atoms. The molecule has 0 saturated heterocycles. The van der Waals surface area contributed by atoms with Crippen LogP contribution in [0.2, 0.25) is 0 Å². The van der Waals surface area contributed by atoms with E-state index in [0.717, 1.165) is 0 Å². The molecule has 0 bridgehead atoms. The summed E-state index contributed by atoms with van der Waals surface area (Å²) in [6, 6.07) is 2.09. The highest BCUT2D eigenvalue weighted by Gasteiger charge is 2.10. The maximum absolute atomic E-state index is 11.5. The Bertz CT molecular complexity index is 225. The molecule has 1 unspecified atom stereocenters. The number of likely N-dealkylation sites (N-methyl/N-ethyl adjacent to an activating group) is 1. The van der Waals surface area contributed by atoms with Crippen LogP contribution in [-0.2, 0) is 9.53 Å². The van der Waals surface area contributed by atoms with Gasteiger partial charge in [0.2, 0.25) is 5.91 Å². The Balaban J connectivity index is 3.66. The van der Waals surface area contributed by atoms with E-state index < -0.39 is 0 Å². The molecule has 0 saturated carbocycles. The quantitative estimate of drug-likeness (QED) is 0.597. The van der Waals surface area contributed by atoms with Crippen molar-refractivity contribution in [2.45, 2.75) is 6.92 Å². The first-order valence-electron chi connectivity index (χ1n) is 4.95. The summed E-state index contributed by atoms with van der Waals surface area (Å²) in [4.78, 5) is 13.0. The molecule has 0 aliphatic carbocycles. The number of hydrogen-bond acceptors (Lipinski definition) is 4. The molecule has 0 heterocycles. The Morgan fingerprint density at radius 2 is 2.33 bits per heavy atom. The monoisotopic (exact) mass is 213 g/mol. The summed E-state index contributed by atoms with van der Waals surface area (Å²) >= 11 is 0. The second-order valence-corrected chi connectivity index (χ2v) is 3.47. The molecule has 0 aromatic carbocycles. The SMILES string of the molecule is COCCNCC(=O)N(C)CC(C)C#N. The molecule has 0 aromatic heterocycles. The van der Waals surface area contributed by atoms with Gasteiger partial charge in [0, 0.05) is 27.2 Å². The molecule has 1 amide bonds. The molecule has 0 aliphatic heterocycles. The van der Waals surface area contributed by atoms with Gasteiger partial charge in [0.25, 0.3) is 0 Å². The Morgan fingerprint density at radius 1 is 1.67 bits per heavy atom. The van der Waals surface area contributed by atoms with Crippen LogP contribution in [0.5, 0.6) is 0 Å². The molecule has 86 valence electrons. The van der Waals surface area contributed by atoms with E-state index >= 15 is 0 Å². The summed E-state index contributed by atoms with van der Waals surface area (Å²) in [5.74, 6) is -0.133. The Labute approximate surface area is 91.0 Å². The second kappa shape index (κ2) is 8.21. The zero-order valence-corrected chi connectivity index (χ0v) is 9.62. The van der Waals surface area contributed by atoms with E-state index in [1.165, 1.54) is 0 Å². The van der Waals surface area contributed by atoms with E-state index in [2.05, 4.69) is 11.4 Å². The van der Waals surface area contributed by atoms with E-state index in [-0.39, 0.29) is 18.4 Å². The van der Waals surface area contributed by atoms with Gasteiger partial charge in [-0.05, 0) is 6.92 Å². The van der Waals surface area contributed by atoms with Gasteiger partial charge >= 0.3 is 0 Å². The van der Waals surface area contributed by atoms with Gasteiger partial charge < -0.3 is 15.0 Å². The first-order chi connectivity index (χ1) is 7.11. The van der Waals surface area contributed by atoms with E-state index in [1.807, 2.05) is 0 Å². The number of nitrogens with one attached hydrogen (secondary N) is 1. The summed E-state index contributed by atoms with van der Waals surface area (Å²) < 4.78 is 4.84. The topological polar surface area (TPSA) is 65.4 Å². The van der Waals surface area contributed by atoms with Crippen LogP contribution in [0, 0.1) is 17.2 Å². The number of hydrogen-bond donors (Lipinski definition) is 1. The summed E-state index contributed by atoms with van der Waals surface area (Å²) in [7, 11) is 3.32. The maximum atomic E-state index is 11.5. The number of nitrogens with zero attached hydrogens (tertiary/aromatic N) is 2. The third-order valence-corrected chi connectivity index (χ3v) is 1.95. The second-order valence-electron chi connectivity index (χ2n) is 3.47. The van der Waals surface area contributed by atoms with Crippen molar-refractivity contribution in [2.75, 3.05) is 40.4 Å². The van der Waals surface area contributed by atoms with Crippen LogP contribution in [-0.4, -0.2) is 51.2 Å². The van der Waals surface area contributed by atoms with Crippen LogP contribution in [0.15, 0.2) is 0 Å². The Kier molecular flexibility index (Phi) is 7.60. The van der Waals surface area contributed by atoms with Crippen LogP contribution in [0.1, 0.15) is 6.92 Å². The fourth-order valence-corrected chi connectivity index (χ4v) is 1.06. The third kappa shape index (κ3) is 6.89. The summed E-state index contributed by atoms with van der Waals surface area (Å²) in [5, 5.41) is 11.6. The number of ether oxygens (including phenoxy) is 1. The van der Waals surface area contributed by atoms with Gasteiger partial charge in [-0.2, -0.15) is 5.26 Å². The minimum Gasteiger partial charge on any atom is -0.383 e. The van der Waals surface area contributed by atoms with E-state index in [4.69, 9.17) is 10.00 Å². The van der Waals surface area contributed by atoms with Gasteiger partial charge in [0.05, 0.1) is 25.1 Å². The molecule has 0 aliphatic rings. The zero-order valence-electron chi connectivity index (χ0n) is 9.62. The summed E-state index contributed by atoms with van der Waals surface area (Å²) in [5.41, 5.74) is 0. The minimum atomic E-state index is -0.127. The van der Waals surface area contributed by atoms with Gasteiger partial charge in [-0.3, -0.25) is 4.79 Å². The normalized spacial score (nSPS) is 11.9. The van der Waals surface area contributed by atoms with Crippen molar-refractivity contribution in [3.63, 3.8) is 0 Å². The third-order valence-electron chi connectivity index (χ3n) is 1.95. The van der Waals surface area contributed by atoms with Crippen LogP contribution < -0.4 is 5.32 Å². The van der Waals surface area contributed by atoms with E-state index in [9.17, 15) is 4.79 Å². The van der Waals surface area contributed by atoms with E-state index in [0.29, 0.717) is 19.7 Å². The Morgan fingerprint density at radius 3 is 2.87 bits per heavy atom. The van der Waals surface area contributed by atoms with Crippen molar-refractivity contribution in [3.8, 4) is 6.07 Å². The standard InChI is InChI=1S/C10H19N3O2/c1-9(6-11)8-13(2)10(14)7-12-4-5-15-3/h9,12H,4-5,7-8H2,1-3H3. The highest BCUT2D eigenvalue weighted by atomic mass is 16.5.